The quantitative estimate of drug-likeness (QED) is 0.661. The van der Waals surface area contributed by atoms with Crippen molar-refractivity contribution in [3.63, 3.8) is 0 Å². The average Bonchev–Trinajstić information content (AvgIpc) is 3.00. The molecule has 1 saturated heterocycles. The highest BCUT2D eigenvalue weighted by molar-refractivity contribution is 5.91. The Bertz CT molecular complexity index is 997. The molecule has 3 heterocycles. The predicted octanol–water partition coefficient (Wildman–Crippen LogP) is 3.25. The average molecular weight is 367 g/mol. The number of amides is 1. The van der Waals surface area contributed by atoms with Crippen molar-refractivity contribution in [2.24, 2.45) is 0 Å². The lowest BCUT2D eigenvalue weighted by atomic mass is 10.2. The van der Waals surface area contributed by atoms with Crippen molar-refractivity contribution in [1.29, 1.82) is 0 Å². The Morgan fingerprint density at radius 3 is 2.52 bits per heavy atom. The maximum absolute atomic E-state index is 12.3. The molecule has 0 unspecified atom stereocenters. The standard InChI is InChI=1S/C20H25N5O2/c1-14-13-17-21-18(15-7-5-6-8-16(15)25(17)22-14)23-9-11-24(12-10-23)19(26)27-20(2,3)4/h5-8,13H,9-12H2,1-4H3. The summed E-state index contributed by atoms with van der Waals surface area (Å²) in [7, 11) is 0. The number of nitrogens with zero attached hydrogens (tertiary/aromatic N) is 5. The second-order valence-electron chi connectivity index (χ2n) is 7.96. The van der Waals surface area contributed by atoms with Crippen LogP contribution in [0.25, 0.3) is 16.6 Å². The van der Waals surface area contributed by atoms with Crippen LogP contribution in [0.3, 0.4) is 0 Å². The summed E-state index contributed by atoms with van der Waals surface area (Å²) in [5.74, 6) is 0.946. The number of hydrogen-bond donors (Lipinski definition) is 0. The lowest BCUT2D eigenvalue weighted by molar-refractivity contribution is 0.0240. The van der Waals surface area contributed by atoms with Gasteiger partial charge >= 0.3 is 6.09 Å². The molecule has 0 radical (unpaired) electrons. The van der Waals surface area contributed by atoms with E-state index in [9.17, 15) is 4.79 Å². The first kappa shape index (κ1) is 17.6. The molecule has 7 heteroatoms. The summed E-state index contributed by atoms with van der Waals surface area (Å²) in [6.45, 7) is 10.3. The van der Waals surface area contributed by atoms with Crippen molar-refractivity contribution in [1.82, 2.24) is 19.5 Å². The first-order valence-electron chi connectivity index (χ1n) is 9.30. The number of aryl methyl sites for hydroxylation is 1. The fourth-order valence-corrected chi connectivity index (χ4v) is 3.43. The van der Waals surface area contributed by atoms with Gasteiger partial charge in [-0.1, -0.05) is 12.1 Å². The molecular weight excluding hydrogens is 342 g/mol. The molecule has 7 nitrogen and oxygen atoms in total. The monoisotopic (exact) mass is 367 g/mol. The van der Waals surface area contributed by atoms with Gasteiger partial charge < -0.3 is 14.5 Å². The molecule has 27 heavy (non-hydrogen) atoms. The van der Waals surface area contributed by atoms with Gasteiger partial charge in [0.15, 0.2) is 5.65 Å². The molecule has 0 N–H and O–H groups in total. The van der Waals surface area contributed by atoms with Crippen LogP contribution in [0.5, 0.6) is 0 Å². The van der Waals surface area contributed by atoms with Crippen LogP contribution >= 0.6 is 0 Å². The van der Waals surface area contributed by atoms with Crippen molar-refractivity contribution >= 4 is 28.5 Å². The zero-order valence-electron chi connectivity index (χ0n) is 16.3. The van der Waals surface area contributed by atoms with E-state index in [-0.39, 0.29) is 6.09 Å². The number of anilines is 1. The molecule has 1 aliphatic rings. The van der Waals surface area contributed by atoms with Crippen LogP contribution < -0.4 is 4.90 Å². The Morgan fingerprint density at radius 1 is 1.11 bits per heavy atom. The third-order valence-corrected chi connectivity index (χ3v) is 4.64. The molecule has 1 aromatic carbocycles. The highest BCUT2D eigenvalue weighted by Gasteiger charge is 2.27. The van der Waals surface area contributed by atoms with E-state index in [4.69, 9.17) is 9.72 Å². The Hall–Kier alpha value is -2.83. The second-order valence-corrected chi connectivity index (χ2v) is 7.96. The van der Waals surface area contributed by atoms with Crippen LogP contribution in [0.1, 0.15) is 26.5 Å². The van der Waals surface area contributed by atoms with E-state index in [1.807, 2.05) is 50.4 Å². The Balaban J connectivity index is 1.61. The molecule has 2 aromatic heterocycles. The molecule has 1 aliphatic heterocycles. The number of piperazine rings is 1. The van der Waals surface area contributed by atoms with Crippen molar-refractivity contribution in [3.05, 3.63) is 36.0 Å². The number of benzene rings is 1. The number of aromatic nitrogens is 3. The third-order valence-electron chi connectivity index (χ3n) is 4.64. The Kier molecular flexibility index (Phi) is 4.17. The van der Waals surface area contributed by atoms with Gasteiger partial charge in [0.05, 0.1) is 11.2 Å². The van der Waals surface area contributed by atoms with E-state index in [0.29, 0.717) is 13.1 Å². The van der Waals surface area contributed by atoms with Crippen molar-refractivity contribution in [2.45, 2.75) is 33.3 Å². The molecule has 3 aromatic rings. The molecule has 0 atom stereocenters. The molecule has 1 fully saturated rings. The predicted molar refractivity (Wildman–Crippen MR) is 105 cm³/mol. The molecular formula is C20H25N5O2. The topological polar surface area (TPSA) is 63.0 Å². The van der Waals surface area contributed by atoms with Gasteiger partial charge in [-0.2, -0.15) is 5.10 Å². The van der Waals surface area contributed by atoms with Gasteiger partial charge in [-0.3, -0.25) is 0 Å². The number of hydrogen-bond acceptors (Lipinski definition) is 5. The minimum Gasteiger partial charge on any atom is -0.444 e. The van der Waals surface area contributed by atoms with Crippen LogP contribution in [0.2, 0.25) is 0 Å². The van der Waals surface area contributed by atoms with Crippen LogP contribution in [0.4, 0.5) is 10.6 Å². The van der Waals surface area contributed by atoms with E-state index in [2.05, 4.69) is 22.1 Å². The maximum Gasteiger partial charge on any atom is 0.410 e. The summed E-state index contributed by atoms with van der Waals surface area (Å²) in [5.41, 5.74) is 2.35. The zero-order valence-corrected chi connectivity index (χ0v) is 16.3. The summed E-state index contributed by atoms with van der Waals surface area (Å²) in [6, 6.07) is 10.2. The van der Waals surface area contributed by atoms with Crippen LogP contribution in [-0.2, 0) is 4.74 Å². The SMILES string of the molecule is Cc1cc2nc(N3CCN(C(=O)OC(C)(C)C)CC3)c3ccccc3n2n1. The molecule has 0 bridgehead atoms. The van der Waals surface area contributed by atoms with Gasteiger partial charge in [0, 0.05) is 37.6 Å². The smallest absolute Gasteiger partial charge is 0.410 e. The Morgan fingerprint density at radius 2 is 1.81 bits per heavy atom. The van der Waals surface area contributed by atoms with E-state index >= 15 is 0 Å². The minimum absolute atomic E-state index is 0.248. The van der Waals surface area contributed by atoms with Crippen molar-refractivity contribution in [2.75, 3.05) is 31.1 Å². The highest BCUT2D eigenvalue weighted by atomic mass is 16.6. The van der Waals surface area contributed by atoms with Crippen LogP contribution in [0, 0.1) is 6.92 Å². The van der Waals surface area contributed by atoms with E-state index < -0.39 is 5.60 Å². The zero-order chi connectivity index (χ0) is 19.2. The van der Waals surface area contributed by atoms with E-state index in [1.54, 1.807) is 4.90 Å². The van der Waals surface area contributed by atoms with Gasteiger partial charge in [-0.15, -0.1) is 0 Å². The summed E-state index contributed by atoms with van der Waals surface area (Å²) in [4.78, 5) is 21.2. The number of carbonyl (C=O) groups excluding carboxylic acids is 1. The maximum atomic E-state index is 12.3. The van der Waals surface area contributed by atoms with Crippen LogP contribution in [-0.4, -0.2) is 57.4 Å². The lowest BCUT2D eigenvalue weighted by Gasteiger charge is -2.36. The van der Waals surface area contributed by atoms with E-state index in [1.165, 1.54) is 0 Å². The normalized spacial score (nSPS) is 15.6. The van der Waals surface area contributed by atoms with Crippen molar-refractivity contribution in [3.8, 4) is 0 Å². The third kappa shape index (κ3) is 3.41. The van der Waals surface area contributed by atoms with Gasteiger partial charge in [-0.05, 0) is 39.8 Å². The molecule has 0 saturated carbocycles. The number of para-hydroxylation sites is 1. The molecule has 4 rings (SSSR count). The van der Waals surface area contributed by atoms with Gasteiger partial charge in [0.1, 0.15) is 11.4 Å². The van der Waals surface area contributed by atoms with Gasteiger partial charge in [-0.25, -0.2) is 14.3 Å². The summed E-state index contributed by atoms with van der Waals surface area (Å²) in [5, 5.41) is 5.63. The summed E-state index contributed by atoms with van der Waals surface area (Å²) >= 11 is 0. The highest BCUT2D eigenvalue weighted by Crippen LogP contribution is 2.27. The van der Waals surface area contributed by atoms with Gasteiger partial charge in [0.2, 0.25) is 0 Å². The lowest BCUT2D eigenvalue weighted by Crippen LogP contribution is -2.50. The Labute approximate surface area is 158 Å². The van der Waals surface area contributed by atoms with Crippen LogP contribution in [0.15, 0.2) is 30.3 Å². The first-order valence-corrected chi connectivity index (χ1v) is 9.30. The minimum atomic E-state index is -0.475. The molecule has 142 valence electrons. The molecule has 0 aliphatic carbocycles. The van der Waals surface area contributed by atoms with Gasteiger partial charge in [0.25, 0.3) is 0 Å². The first-order chi connectivity index (χ1) is 12.8. The number of ether oxygens (including phenoxy) is 1. The largest absolute Gasteiger partial charge is 0.444 e. The summed E-state index contributed by atoms with van der Waals surface area (Å²) < 4.78 is 7.38. The molecule has 0 spiro atoms. The van der Waals surface area contributed by atoms with Crippen molar-refractivity contribution < 1.29 is 9.53 Å². The number of rotatable bonds is 1. The second kappa shape index (κ2) is 6.40. The fourth-order valence-electron chi connectivity index (χ4n) is 3.43. The molecule has 1 amide bonds. The number of carbonyl (C=O) groups is 1. The number of fused-ring (bicyclic) bond motifs is 3. The summed E-state index contributed by atoms with van der Waals surface area (Å²) in [6.07, 6.45) is -0.248. The van der Waals surface area contributed by atoms with E-state index in [0.717, 1.165) is 41.2 Å². The fraction of sp³-hybridized carbons (Fsp3) is 0.450.